The van der Waals surface area contributed by atoms with Crippen LogP contribution in [-0.2, 0) is 0 Å². The maximum absolute atomic E-state index is 14.8. The van der Waals surface area contributed by atoms with Gasteiger partial charge in [0.2, 0.25) is 0 Å². The van der Waals surface area contributed by atoms with Gasteiger partial charge in [0.15, 0.2) is 0 Å². The molecule has 1 aromatic heterocycles. The highest BCUT2D eigenvalue weighted by Crippen LogP contribution is 2.33. The number of benzene rings is 2. The first-order chi connectivity index (χ1) is 14.8. The molecular formula is C24H25FN4O2. The van der Waals surface area contributed by atoms with Crippen molar-refractivity contribution in [2.24, 2.45) is 0 Å². The van der Waals surface area contributed by atoms with E-state index in [2.05, 4.69) is 33.8 Å². The van der Waals surface area contributed by atoms with Gasteiger partial charge in [0.1, 0.15) is 5.82 Å². The molecule has 1 atom stereocenters. The molecule has 6 nitrogen and oxygen atoms in total. The maximum Gasteiger partial charge on any atom is 0.270 e. The summed E-state index contributed by atoms with van der Waals surface area (Å²) in [6.07, 6.45) is 3.16. The summed E-state index contributed by atoms with van der Waals surface area (Å²) in [4.78, 5) is 15.4. The van der Waals surface area contributed by atoms with Crippen LogP contribution in [0.5, 0.6) is 0 Å². The molecule has 1 aliphatic rings. The fourth-order valence-electron chi connectivity index (χ4n) is 4.07. The second kappa shape index (κ2) is 8.43. The number of non-ortho nitro benzene ring substituents is 1. The third-order valence-corrected chi connectivity index (χ3v) is 5.69. The van der Waals surface area contributed by atoms with Crippen LogP contribution in [0, 0.1) is 29.8 Å². The van der Waals surface area contributed by atoms with Crippen LogP contribution in [0.15, 0.2) is 42.5 Å². The first-order valence-corrected chi connectivity index (χ1v) is 10.4. The lowest BCUT2D eigenvalue weighted by Gasteiger charge is -2.20. The molecule has 0 aliphatic carbocycles. The zero-order chi connectivity index (χ0) is 22.1. The van der Waals surface area contributed by atoms with Gasteiger partial charge in [0, 0.05) is 41.0 Å². The summed E-state index contributed by atoms with van der Waals surface area (Å²) in [5.74, 6) is -0.429. The highest BCUT2D eigenvalue weighted by Gasteiger charge is 2.20. The molecule has 2 aromatic carbocycles. The van der Waals surface area contributed by atoms with Crippen molar-refractivity contribution >= 4 is 27.9 Å². The van der Waals surface area contributed by atoms with Crippen molar-refractivity contribution < 1.29 is 9.31 Å². The number of aryl methyl sites for hydroxylation is 2. The Morgan fingerprint density at radius 3 is 2.74 bits per heavy atom. The van der Waals surface area contributed by atoms with Gasteiger partial charge in [-0.05, 0) is 68.6 Å². The van der Waals surface area contributed by atoms with Gasteiger partial charge in [-0.25, -0.2) is 4.39 Å². The van der Waals surface area contributed by atoms with Gasteiger partial charge in [0.25, 0.3) is 5.69 Å². The zero-order valence-electron chi connectivity index (χ0n) is 17.8. The van der Waals surface area contributed by atoms with Crippen LogP contribution >= 0.6 is 0 Å². The average Bonchev–Trinajstić information content (AvgIpc) is 2.75. The van der Waals surface area contributed by atoms with Gasteiger partial charge in [-0.3, -0.25) is 15.1 Å². The molecule has 3 aromatic rings. The molecule has 1 aliphatic heterocycles. The molecule has 0 fully saturated rings. The predicted octanol–water partition coefficient (Wildman–Crippen LogP) is 5.45. The van der Waals surface area contributed by atoms with Crippen molar-refractivity contribution in [1.29, 1.82) is 0 Å². The Bertz CT molecular complexity index is 1210. The number of aromatic nitrogens is 1. The van der Waals surface area contributed by atoms with E-state index < -0.39 is 16.8 Å². The van der Waals surface area contributed by atoms with Crippen molar-refractivity contribution in [3.63, 3.8) is 0 Å². The number of rotatable bonds is 5. The van der Waals surface area contributed by atoms with Crippen LogP contribution in [0.3, 0.4) is 0 Å². The quantitative estimate of drug-likeness (QED) is 0.424. The third-order valence-electron chi connectivity index (χ3n) is 5.69. The summed E-state index contributed by atoms with van der Waals surface area (Å²) in [6.45, 7) is 7.07. The van der Waals surface area contributed by atoms with E-state index >= 15 is 0 Å². The predicted molar refractivity (Wildman–Crippen MR) is 122 cm³/mol. The molecule has 0 saturated carbocycles. The molecule has 7 heteroatoms. The molecule has 0 bridgehead atoms. The minimum absolute atomic E-state index is 0.113. The molecule has 0 radical (unpaired) electrons. The number of nitro groups is 1. The number of fused-ring (bicyclic) bond motifs is 1. The lowest BCUT2D eigenvalue weighted by atomic mass is 9.97. The summed E-state index contributed by atoms with van der Waals surface area (Å²) in [5, 5.41) is 18.9. The Hall–Kier alpha value is -3.32. The highest BCUT2D eigenvalue weighted by molar-refractivity contribution is 5.94. The number of halogens is 1. The Balaban J connectivity index is 1.75. The molecule has 4 rings (SSSR count). The van der Waals surface area contributed by atoms with Crippen LogP contribution in [-0.4, -0.2) is 23.0 Å². The molecule has 160 valence electrons. The molecule has 2 N–H and O–H groups in total. The number of pyridine rings is 1. The van der Waals surface area contributed by atoms with Crippen molar-refractivity contribution in [3.8, 4) is 0 Å². The number of nitrogens with zero attached hydrogens (tertiary/aromatic N) is 2. The first kappa shape index (κ1) is 20.9. The monoisotopic (exact) mass is 420 g/mol. The molecule has 31 heavy (non-hydrogen) atoms. The molecule has 2 heterocycles. The second-order valence-corrected chi connectivity index (χ2v) is 8.02. The third kappa shape index (κ3) is 4.27. The largest absolute Gasteiger partial charge is 0.378 e. The van der Waals surface area contributed by atoms with Gasteiger partial charge >= 0.3 is 0 Å². The topological polar surface area (TPSA) is 80.1 Å². The van der Waals surface area contributed by atoms with Crippen LogP contribution in [0.1, 0.15) is 41.8 Å². The van der Waals surface area contributed by atoms with E-state index in [1.807, 2.05) is 26.0 Å². The fraction of sp³-hybridized carbons (Fsp3) is 0.292. The van der Waals surface area contributed by atoms with Gasteiger partial charge in [-0.15, -0.1) is 0 Å². The van der Waals surface area contributed by atoms with E-state index in [0.29, 0.717) is 0 Å². The molecule has 0 saturated heterocycles. The van der Waals surface area contributed by atoms with E-state index in [9.17, 15) is 14.5 Å². The van der Waals surface area contributed by atoms with Crippen LogP contribution < -0.4 is 10.6 Å². The standard InChI is InChI=1S/C24H25FN4O2/c1-14-10-19(29(30)31)13-20(24(14)25)16(3)28-23-11-15(2)27-22-5-4-18(12-21(22)23)17-6-8-26-9-7-17/h4-6,10-13,16,26H,7-9H2,1-3H3,(H,27,28). The van der Waals surface area contributed by atoms with Crippen molar-refractivity contribution in [1.82, 2.24) is 10.3 Å². The summed E-state index contributed by atoms with van der Waals surface area (Å²) < 4.78 is 14.8. The van der Waals surface area contributed by atoms with Gasteiger partial charge < -0.3 is 10.6 Å². The zero-order valence-corrected chi connectivity index (χ0v) is 17.8. The molecular weight excluding hydrogens is 395 g/mol. The van der Waals surface area contributed by atoms with Crippen LogP contribution in [0.25, 0.3) is 16.5 Å². The summed E-state index contributed by atoms with van der Waals surface area (Å²) in [6, 6.07) is 10.2. The molecule has 0 spiro atoms. The molecule has 1 unspecified atom stereocenters. The van der Waals surface area contributed by atoms with Crippen molar-refractivity contribution in [2.75, 3.05) is 18.4 Å². The number of anilines is 1. The lowest BCUT2D eigenvalue weighted by molar-refractivity contribution is -0.385. The lowest BCUT2D eigenvalue weighted by Crippen LogP contribution is -2.20. The Kier molecular flexibility index (Phi) is 5.69. The van der Waals surface area contributed by atoms with Gasteiger partial charge in [0.05, 0.1) is 16.5 Å². The Labute approximate surface area is 180 Å². The average molecular weight is 420 g/mol. The summed E-state index contributed by atoms with van der Waals surface area (Å²) in [7, 11) is 0. The van der Waals surface area contributed by atoms with Gasteiger partial charge in [-0.2, -0.15) is 0 Å². The highest BCUT2D eigenvalue weighted by atomic mass is 19.1. The number of nitrogens with one attached hydrogen (secondary N) is 2. The Morgan fingerprint density at radius 1 is 1.23 bits per heavy atom. The maximum atomic E-state index is 14.8. The van der Waals surface area contributed by atoms with E-state index in [4.69, 9.17) is 0 Å². The van der Waals surface area contributed by atoms with Crippen LogP contribution in [0.4, 0.5) is 15.8 Å². The van der Waals surface area contributed by atoms with E-state index in [1.165, 1.54) is 17.7 Å². The van der Waals surface area contributed by atoms with E-state index in [0.717, 1.165) is 47.4 Å². The summed E-state index contributed by atoms with van der Waals surface area (Å²) >= 11 is 0. The molecule has 0 amide bonds. The Morgan fingerprint density at radius 2 is 2.03 bits per heavy atom. The summed E-state index contributed by atoms with van der Waals surface area (Å²) in [5.41, 5.74) is 5.37. The second-order valence-electron chi connectivity index (χ2n) is 8.02. The van der Waals surface area contributed by atoms with Gasteiger partial charge in [-0.1, -0.05) is 12.1 Å². The van der Waals surface area contributed by atoms with Crippen LogP contribution in [0.2, 0.25) is 0 Å². The van der Waals surface area contributed by atoms with Crippen molar-refractivity contribution in [2.45, 2.75) is 33.2 Å². The SMILES string of the molecule is Cc1cc(NC(C)c2cc([N+](=O)[O-])cc(C)c2F)c2cc(C3=CCNCC3)ccc2n1. The number of hydrogen-bond donors (Lipinski definition) is 2. The minimum atomic E-state index is -0.492. The fourth-order valence-corrected chi connectivity index (χ4v) is 4.07. The minimum Gasteiger partial charge on any atom is -0.378 e. The number of hydrogen-bond acceptors (Lipinski definition) is 5. The normalized spacial score (nSPS) is 14.9. The first-order valence-electron chi connectivity index (χ1n) is 10.4. The smallest absolute Gasteiger partial charge is 0.270 e. The van der Waals surface area contributed by atoms with E-state index in [1.54, 1.807) is 6.92 Å². The van der Waals surface area contributed by atoms with E-state index in [-0.39, 0.29) is 16.8 Å². The van der Waals surface area contributed by atoms with Crippen molar-refractivity contribution in [3.05, 3.63) is 80.8 Å². The number of nitro benzene ring substituents is 1.